The van der Waals surface area contributed by atoms with Crippen LogP contribution in [-0.2, 0) is 14.3 Å². The van der Waals surface area contributed by atoms with Gasteiger partial charge in [-0.3, -0.25) is 4.79 Å². The highest BCUT2D eigenvalue weighted by Gasteiger charge is 2.38. The average Bonchev–Trinajstić information content (AvgIpc) is 2.80. The third kappa shape index (κ3) is 5.18. The zero-order valence-electron chi connectivity index (χ0n) is 18.1. The number of piperidine rings is 2. The van der Waals surface area contributed by atoms with Crippen molar-refractivity contribution in [2.24, 2.45) is 5.92 Å². The van der Waals surface area contributed by atoms with E-state index in [1.54, 1.807) is 7.11 Å². The lowest BCUT2D eigenvalue weighted by atomic mass is 9.78. The first-order valence-electron chi connectivity index (χ1n) is 11.2. The van der Waals surface area contributed by atoms with Gasteiger partial charge in [0.05, 0.1) is 12.1 Å². The zero-order chi connectivity index (χ0) is 21.8. The standard InChI is InChI=1S/C23H32FN3O4/c1-30-13-9-19(16-2-4-18(24)5-3-16)17-6-10-26(11-7-17)23(29)27-12-8-21-20(14-27)25-22(28)15-31-21/h2-5,17,19-21H,6-15H2,1H3,(H,25,28)/t19-,20+,21-/m0/s1. The molecule has 3 heterocycles. The van der Waals surface area contributed by atoms with Crippen molar-refractivity contribution in [2.45, 2.75) is 43.7 Å². The van der Waals surface area contributed by atoms with Crippen LogP contribution >= 0.6 is 0 Å². The fourth-order valence-corrected chi connectivity index (χ4v) is 5.20. The molecule has 0 saturated carbocycles. The Labute approximate surface area is 182 Å². The van der Waals surface area contributed by atoms with Crippen molar-refractivity contribution >= 4 is 11.9 Å². The van der Waals surface area contributed by atoms with Gasteiger partial charge in [-0.1, -0.05) is 12.1 Å². The number of hydrogen-bond acceptors (Lipinski definition) is 4. The van der Waals surface area contributed by atoms with E-state index in [2.05, 4.69) is 5.32 Å². The first-order chi connectivity index (χ1) is 15.0. The number of rotatable bonds is 5. The van der Waals surface area contributed by atoms with Crippen LogP contribution in [0.15, 0.2) is 24.3 Å². The van der Waals surface area contributed by atoms with Gasteiger partial charge < -0.3 is 24.6 Å². The Hall–Kier alpha value is -2.19. The molecule has 3 fully saturated rings. The minimum atomic E-state index is -0.224. The molecule has 170 valence electrons. The van der Waals surface area contributed by atoms with Gasteiger partial charge in [-0.05, 0) is 55.2 Å². The van der Waals surface area contributed by atoms with Crippen molar-refractivity contribution in [3.63, 3.8) is 0 Å². The third-order valence-corrected chi connectivity index (χ3v) is 6.91. The van der Waals surface area contributed by atoms with Crippen LogP contribution in [0.3, 0.4) is 0 Å². The number of carbonyl (C=O) groups is 2. The van der Waals surface area contributed by atoms with Gasteiger partial charge in [-0.15, -0.1) is 0 Å². The predicted octanol–water partition coefficient (Wildman–Crippen LogP) is 2.37. The fourth-order valence-electron chi connectivity index (χ4n) is 5.20. The summed E-state index contributed by atoms with van der Waals surface area (Å²) in [5.41, 5.74) is 1.14. The summed E-state index contributed by atoms with van der Waals surface area (Å²) >= 11 is 0. The van der Waals surface area contributed by atoms with E-state index in [0.29, 0.717) is 44.6 Å². The number of likely N-dealkylation sites (tertiary alicyclic amines) is 2. The number of carbonyl (C=O) groups excluding carboxylic acids is 2. The Kier molecular flexibility index (Phi) is 7.07. The molecule has 7 nitrogen and oxygen atoms in total. The highest BCUT2D eigenvalue weighted by Crippen LogP contribution is 2.36. The second-order valence-electron chi connectivity index (χ2n) is 8.80. The Morgan fingerprint density at radius 3 is 2.61 bits per heavy atom. The summed E-state index contributed by atoms with van der Waals surface area (Å²) in [4.78, 5) is 28.5. The van der Waals surface area contributed by atoms with E-state index >= 15 is 0 Å². The van der Waals surface area contributed by atoms with Crippen LogP contribution in [0, 0.1) is 11.7 Å². The fraction of sp³-hybridized carbons (Fsp3) is 0.652. The topological polar surface area (TPSA) is 71.1 Å². The summed E-state index contributed by atoms with van der Waals surface area (Å²) in [5.74, 6) is 0.391. The lowest BCUT2D eigenvalue weighted by molar-refractivity contribution is -0.139. The number of nitrogens with one attached hydrogen (secondary N) is 1. The number of nitrogens with zero attached hydrogens (tertiary/aromatic N) is 2. The molecule has 0 aliphatic carbocycles. The predicted molar refractivity (Wildman–Crippen MR) is 113 cm³/mol. The Balaban J connectivity index is 1.34. The van der Waals surface area contributed by atoms with Crippen molar-refractivity contribution < 1.29 is 23.5 Å². The van der Waals surface area contributed by atoms with Crippen LogP contribution in [-0.4, -0.2) is 80.4 Å². The lowest BCUT2D eigenvalue weighted by Crippen LogP contribution is -2.62. The van der Waals surface area contributed by atoms with Crippen molar-refractivity contribution in [1.29, 1.82) is 0 Å². The Bertz CT molecular complexity index is 767. The van der Waals surface area contributed by atoms with Gasteiger partial charge >= 0.3 is 6.03 Å². The maximum absolute atomic E-state index is 13.4. The summed E-state index contributed by atoms with van der Waals surface area (Å²) in [7, 11) is 1.70. The SMILES string of the molecule is COCC[C@@H](c1ccc(F)cc1)C1CCN(C(=O)N2CC[C@@H]3OCC(=O)N[C@@H]3C2)CC1. The molecule has 0 aromatic heterocycles. The van der Waals surface area contributed by atoms with Gasteiger partial charge in [0.25, 0.3) is 0 Å². The van der Waals surface area contributed by atoms with Gasteiger partial charge in [-0.2, -0.15) is 0 Å². The van der Waals surface area contributed by atoms with E-state index in [9.17, 15) is 14.0 Å². The molecule has 3 aliphatic heterocycles. The number of hydrogen-bond donors (Lipinski definition) is 1. The number of fused-ring (bicyclic) bond motifs is 1. The number of methoxy groups -OCH3 is 1. The molecule has 4 rings (SSSR count). The van der Waals surface area contributed by atoms with Gasteiger partial charge in [0.15, 0.2) is 0 Å². The molecular formula is C23H32FN3O4. The maximum atomic E-state index is 13.4. The number of morpholine rings is 1. The van der Waals surface area contributed by atoms with Crippen LogP contribution in [0.25, 0.3) is 0 Å². The molecule has 0 spiro atoms. The molecule has 8 heteroatoms. The lowest BCUT2D eigenvalue weighted by Gasteiger charge is -2.44. The van der Waals surface area contributed by atoms with Crippen LogP contribution in [0.5, 0.6) is 0 Å². The molecule has 0 bridgehead atoms. The summed E-state index contributed by atoms with van der Waals surface area (Å²) in [5, 5.41) is 2.95. The van der Waals surface area contributed by atoms with Gasteiger partial charge in [0.1, 0.15) is 12.4 Å². The molecule has 31 heavy (non-hydrogen) atoms. The normalized spacial score (nSPS) is 25.7. The number of ether oxygens (including phenoxy) is 2. The highest BCUT2D eigenvalue weighted by atomic mass is 19.1. The number of halogens is 1. The number of urea groups is 1. The molecule has 3 amide bonds. The van der Waals surface area contributed by atoms with E-state index in [4.69, 9.17) is 9.47 Å². The van der Waals surface area contributed by atoms with E-state index < -0.39 is 0 Å². The van der Waals surface area contributed by atoms with E-state index in [1.807, 2.05) is 21.9 Å². The third-order valence-electron chi connectivity index (χ3n) is 6.91. The number of amides is 3. The van der Waals surface area contributed by atoms with Gasteiger partial charge in [0.2, 0.25) is 5.91 Å². The van der Waals surface area contributed by atoms with Gasteiger partial charge in [-0.25, -0.2) is 9.18 Å². The average molecular weight is 434 g/mol. The molecule has 1 aromatic carbocycles. The first-order valence-corrected chi connectivity index (χ1v) is 11.2. The summed E-state index contributed by atoms with van der Waals surface area (Å²) < 4.78 is 24.3. The summed E-state index contributed by atoms with van der Waals surface area (Å²) in [6.07, 6.45) is 3.46. The van der Waals surface area contributed by atoms with Crippen molar-refractivity contribution in [3.8, 4) is 0 Å². The minimum Gasteiger partial charge on any atom is -0.385 e. The van der Waals surface area contributed by atoms with Crippen molar-refractivity contribution in [2.75, 3.05) is 46.5 Å². The van der Waals surface area contributed by atoms with Crippen LogP contribution < -0.4 is 5.32 Å². The molecule has 3 atom stereocenters. The minimum absolute atomic E-state index is 0.00439. The smallest absolute Gasteiger partial charge is 0.320 e. The quantitative estimate of drug-likeness (QED) is 0.774. The molecule has 3 saturated heterocycles. The number of benzene rings is 1. The molecule has 0 radical (unpaired) electrons. The Morgan fingerprint density at radius 2 is 1.90 bits per heavy atom. The second-order valence-corrected chi connectivity index (χ2v) is 8.80. The summed E-state index contributed by atoms with van der Waals surface area (Å²) in [6.45, 7) is 3.35. The second kappa shape index (κ2) is 9.96. The molecule has 3 aliphatic rings. The molecular weight excluding hydrogens is 401 g/mol. The van der Waals surface area contributed by atoms with Crippen LogP contribution in [0.4, 0.5) is 9.18 Å². The molecule has 1 aromatic rings. The zero-order valence-corrected chi connectivity index (χ0v) is 18.1. The molecule has 1 N–H and O–H groups in total. The van der Waals surface area contributed by atoms with Crippen LogP contribution in [0.1, 0.15) is 37.2 Å². The monoisotopic (exact) mass is 433 g/mol. The highest BCUT2D eigenvalue weighted by molar-refractivity contribution is 5.79. The van der Waals surface area contributed by atoms with Crippen molar-refractivity contribution in [3.05, 3.63) is 35.6 Å². The Morgan fingerprint density at radius 1 is 1.19 bits per heavy atom. The molecule has 0 unspecified atom stereocenters. The van der Waals surface area contributed by atoms with Crippen molar-refractivity contribution in [1.82, 2.24) is 15.1 Å². The maximum Gasteiger partial charge on any atom is 0.320 e. The van der Waals surface area contributed by atoms with E-state index in [0.717, 1.165) is 31.2 Å². The van der Waals surface area contributed by atoms with E-state index in [1.165, 1.54) is 12.1 Å². The van der Waals surface area contributed by atoms with Crippen LogP contribution in [0.2, 0.25) is 0 Å². The van der Waals surface area contributed by atoms with Gasteiger partial charge in [0, 0.05) is 39.9 Å². The largest absolute Gasteiger partial charge is 0.385 e. The van der Waals surface area contributed by atoms with E-state index in [-0.39, 0.29) is 36.5 Å². The summed E-state index contributed by atoms with van der Waals surface area (Å²) in [6, 6.07) is 6.71. The first kappa shape index (κ1) is 22.0.